The van der Waals surface area contributed by atoms with Crippen molar-refractivity contribution < 1.29 is 16.8 Å². The van der Waals surface area contributed by atoms with Gasteiger partial charge in [-0.05, 0) is 26.2 Å². The summed E-state index contributed by atoms with van der Waals surface area (Å²) in [5, 5.41) is 0. The van der Waals surface area contributed by atoms with Crippen LogP contribution in [0.5, 0.6) is 0 Å². The second kappa shape index (κ2) is 10.6. The number of unbranched alkanes of at least 4 members (excludes halogenated alkanes) is 3. The zero-order chi connectivity index (χ0) is 16.4. The van der Waals surface area contributed by atoms with E-state index in [1.54, 1.807) is 0 Å². The number of hydrogen-bond acceptors (Lipinski definition) is 4. The van der Waals surface area contributed by atoms with E-state index in [1.807, 2.05) is 6.92 Å². The van der Waals surface area contributed by atoms with Crippen LogP contribution in [0.1, 0.15) is 66.2 Å². The van der Waals surface area contributed by atoms with E-state index < -0.39 is 20.4 Å². The van der Waals surface area contributed by atoms with E-state index in [0.29, 0.717) is 17.9 Å². The Morgan fingerprint density at radius 1 is 0.857 bits per heavy atom. The molecule has 0 bridgehead atoms. The van der Waals surface area contributed by atoms with Gasteiger partial charge in [0.1, 0.15) is 5.78 Å². The second-order valence-corrected chi connectivity index (χ2v) is 10.7. The van der Waals surface area contributed by atoms with Gasteiger partial charge in [0.15, 0.2) is 0 Å². The maximum atomic E-state index is 12.2. The maximum Gasteiger partial charge on any atom is 0.276 e. The standard InChI is InChI=1S/C15H32O4S2/c1-5-8-11-20(12-9-6-2,14-15(4)16)19-21(17,18)13-10-7-3/h5-14H2,1-4H3. The lowest BCUT2D eigenvalue weighted by atomic mass is 10.4. The second-order valence-electron chi connectivity index (χ2n) is 5.61. The van der Waals surface area contributed by atoms with Crippen LogP contribution in [0, 0.1) is 0 Å². The van der Waals surface area contributed by atoms with Gasteiger partial charge >= 0.3 is 0 Å². The summed E-state index contributed by atoms with van der Waals surface area (Å²) in [6.07, 6.45) is 5.22. The van der Waals surface area contributed by atoms with Crippen molar-refractivity contribution in [2.45, 2.75) is 66.2 Å². The lowest BCUT2D eigenvalue weighted by molar-refractivity contribution is -0.114. The highest BCUT2D eigenvalue weighted by Crippen LogP contribution is 2.52. The smallest absolute Gasteiger partial charge is 0.276 e. The predicted molar refractivity (Wildman–Crippen MR) is 92.5 cm³/mol. The molecule has 0 aromatic carbocycles. The van der Waals surface area contributed by atoms with Gasteiger partial charge in [0, 0.05) is 11.5 Å². The highest BCUT2D eigenvalue weighted by molar-refractivity contribution is 8.33. The Balaban J connectivity index is 5.15. The van der Waals surface area contributed by atoms with Crippen LogP contribution >= 0.6 is 10.3 Å². The Morgan fingerprint density at radius 2 is 1.29 bits per heavy atom. The third-order valence-electron chi connectivity index (χ3n) is 3.20. The number of carbonyl (C=O) groups is 1. The number of hydrogen-bond donors (Lipinski definition) is 0. The maximum absolute atomic E-state index is 12.2. The molecule has 0 saturated carbocycles. The molecule has 0 heterocycles. The molecule has 0 amide bonds. The number of ketones is 1. The molecular weight excluding hydrogens is 308 g/mol. The summed E-state index contributed by atoms with van der Waals surface area (Å²) in [4.78, 5) is 11.6. The molecule has 21 heavy (non-hydrogen) atoms. The highest BCUT2D eigenvalue weighted by atomic mass is 32.3. The van der Waals surface area contributed by atoms with Crippen LogP contribution in [0.15, 0.2) is 0 Å². The molecule has 4 nitrogen and oxygen atoms in total. The molecule has 0 aromatic heterocycles. The molecule has 0 aliphatic rings. The molecule has 0 radical (unpaired) electrons. The quantitative estimate of drug-likeness (QED) is 0.507. The number of rotatable bonds is 13. The summed E-state index contributed by atoms with van der Waals surface area (Å²) in [7, 11) is -5.37. The lowest BCUT2D eigenvalue weighted by Gasteiger charge is -2.38. The zero-order valence-corrected chi connectivity index (χ0v) is 15.7. The van der Waals surface area contributed by atoms with Crippen molar-refractivity contribution in [1.29, 1.82) is 0 Å². The molecule has 0 aromatic rings. The molecule has 0 saturated heterocycles. The first kappa shape index (κ1) is 20.9. The zero-order valence-electron chi connectivity index (χ0n) is 14.0. The minimum absolute atomic E-state index is 0.0305. The van der Waals surface area contributed by atoms with Gasteiger partial charge in [0.05, 0.1) is 11.5 Å². The van der Waals surface area contributed by atoms with E-state index in [1.165, 1.54) is 6.92 Å². The predicted octanol–water partition coefficient (Wildman–Crippen LogP) is 4.04. The van der Waals surface area contributed by atoms with Gasteiger partial charge in [0.2, 0.25) is 0 Å². The SMILES string of the molecule is CCCCS(CCCC)(CC(C)=O)OS(=O)(=O)CCCC. The van der Waals surface area contributed by atoms with Gasteiger partial charge in [0.25, 0.3) is 10.1 Å². The van der Waals surface area contributed by atoms with E-state index in [4.69, 9.17) is 3.63 Å². The first-order valence-corrected chi connectivity index (χ1v) is 11.6. The third-order valence-corrected chi connectivity index (χ3v) is 8.97. The molecule has 0 rings (SSSR count). The highest BCUT2D eigenvalue weighted by Gasteiger charge is 2.31. The third kappa shape index (κ3) is 9.53. The van der Waals surface area contributed by atoms with Crippen molar-refractivity contribution in [2.24, 2.45) is 0 Å². The number of carbonyl (C=O) groups excluding carboxylic acids is 1. The molecule has 128 valence electrons. The average molecular weight is 341 g/mol. The first-order valence-electron chi connectivity index (χ1n) is 8.00. The Kier molecular flexibility index (Phi) is 10.6. The minimum Gasteiger partial charge on any atom is -0.299 e. The van der Waals surface area contributed by atoms with Crippen molar-refractivity contribution in [3.63, 3.8) is 0 Å². The van der Waals surface area contributed by atoms with Crippen LogP contribution in [0.2, 0.25) is 0 Å². The molecule has 0 unspecified atom stereocenters. The van der Waals surface area contributed by atoms with Crippen LogP contribution in [-0.4, -0.2) is 37.2 Å². The van der Waals surface area contributed by atoms with E-state index in [-0.39, 0.29) is 17.3 Å². The summed E-state index contributed by atoms with van der Waals surface area (Å²) in [5.41, 5.74) is 0. The monoisotopic (exact) mass is 340 g/mol. The molecule has 0 aliphatic carbocycles. The first-order chi connectivity index (χ1) is 9.81. The molecule has 0 N–H and O–H groups in total. The molecular formula is C15H32O4S2. The molecule has 0 atom stereocenters. The van der Waals surface area contributed by atoms with Crippen LogP contribution in [0.4, 0.5) is 0 Å². The molecule has 0 aliphatic heterocycles. The molecule has 0 spiro atoms. The molecule has 0 fully saturated rings. The van der Waals surface area contributed by atoms with E-state index in [0.717, 1.165) is 32.1 Å². The van der Waals surface area contributed by atoms with E-state index in [9.17, 15) is 13.2 Å². The Labute approximate surface area is 132 Å². The van der Waals surface area contributed by atoms with Gasteiger partial charge in [-0.25, -0.2) is 3.63 Å². The van der Waals surface area contributed by atoms with Crippen molar-refractivity contribution in [3.05, 3.63) is 0 Å². The van der Waals surface area contributed by atoms with Gasteiger partial charge in [-0.1, -0.05) is 40.0 Å². The fourth-order valence-corrected chi connectivity index (χ4v) is 8.37. The molecule has 6 heteroatoms. The van der Waals surface area contributed by atoms with Crippen molar-refractivity contribution in [1.82, 2.24) is 0 Å². The Hall–Kier alpha value is -0.0700. The largest absolute Gasteiger partial charge is 0.299 e. The van der Waals surface area contributed by atoms with E-state index >= 15 is 0 Å². The summed E-state index contributed by atoms with van der Waals surface area (Å²) in [6.45, 7) is 7.63. The summed E-state index contributed by atoms with van der Waals surface area (Å²) in [5.74, 6) is 1.80. The van der Waals surface area contributed by atoms with Crippen molar-refractivity contribution in [2.75, 3.05) is 23.0 Å². The van der Waals surface area contributed by atoms with Crippen LogP contribution < -0.4 is 0 Å². The summed E-state index contributed by atoms with van der Waals surface area (Å²) < 4.78 is 30.1. The van der Waals surface area contributed by atoms with Gasteiger partial charge in [-0.2, -0.15) is 8.42 Å². The van der Waals surface area contributed by atoms with Crippen LogP contribution in [-0.2, 0) is 18.5 Å². The van der Waals surface area contributed by atoms with Gasteiger partial charge < -0.3 is 0 Å². The van der Waals surface area contributed by atoms with Gasteiger partial charge in [-0.3, -0.25) is 4.79 Å². The van der Waals surface area contributed by atoms with Crippen LogP contribution in [0.25, 0.3) is 0 Å². The normalized spacial score (nSPS) is 13.3. The Morgan fingerprint density at radius 3 is 1.67 bits per heavy atom. The fourth-order valence-electron chi connectivity index (χ4n) is 2.10. The lowest BCUT2D eigenvalue weighted by Crippen LogP contribution is -2.25. The van der Waals surface area contributed by atoms with Crippen LogP contribution in [0.3, 0.4) is 0 Å². The number of Topliss-reactive ketones (excluding diaryl/α,β-unsaturated/α-hetero) is 1. The Bertz CT molecular complexity index is 382. The fraction of sp³-hybridized carbons (Fsp3) is 0.933. The topological polar surface area (TPSA) is 60.4 Å². The van der Waals surface area contributed by atoms with Gasteiger partial charge in [-0.15, -0.1) is 10.3 Å². The summed E-state index contributed by atoms with van der Waals surface area (Å²) in [6, 6.07) is 0. The van der Waals surface area contributed by atoms with Crippen molar-refractivity contribution >= 4 is 26.2 Å². The van der Waals surface area contributed by atoms with Crippen molar-refractivity contribution in [3.8, 4) is 0 Å². The average Bonchev–Trinajstić information content (AvgIpc) is 2.39. The van der Waals surface area contributed by atoms with E-state index in [2.05, 4.69) is 13.8 Å². The minimum atomic E-state index is -3.52. The summed E-state index contributed by atoms with van der Waals surface area (Å²) >= 11 is 0.